The highest BCUT2D eigenvalue weighted by Crippen LogP contribution is 2.44. The summed E-state index contributed by atoms with van der Waals surface area (Å²) in [6.45, 7) is 11.7. The SMILES string of the molecule is CCOC(=O)C(C)(CC(C)(C)C(=O)OC)CC(C)(C)C(=O)OCCCNC. The zero-order valence-electron chi connectivity index (χ0n) is 18.2. The summed E-state index contributed by atoms with van der Waals surface area (Å²) in [6.07, 6.45) is 1.11. The zero-order valence-corrected chi connectivity index (χ0v) is 18.2. The minimum atomic E-state index is -1.04. The van der Waals surface area contributed by atoms with Crippen LogP contribution in [0.25, 0.3) is 0 Å². The summed E-state index contributed by atoms with van der Waals surface area (Å²) >= 11 is 0. The summed E-state index contributed by atoms with van der Waals surface area (Å²) in [4.78, 5) is 37.4. The van der Waals surface area contributed by atoms with Crippen molar-refractivity contribution in [2.24, 2.45) is 16.2 Å². The lowest BCUT2D eigenvalue weighted by atomic mass is 9.66. The van der Waals surface area contributed by atoms with Gasteiger partial charge in [0.2, 0.25) is 0 Å². The van der Waals surface area contributed by atoms with Crippen LogP contribution in [0.4, 0.5) is 0 Å². The first kappa shape index (κ1) is 25.4. The van der Waals surface area contributed by atoms with Crippen molar-refractivity contribution in [3.63, 3.8) is 0 Å². The molecule has 158 valence electrons. The maximum absolute atomic E-state index is 12.7. The first-order valence-electron chi connectivity index (χ1n) is 9.44. The van der Waals surface area contributed by atoms with Gasteiger partial charge < -0.3 is 19.5 Å². The Morgan fingerprint density at radius 2 is 1.37 bits per heavy atom. The van der Waals surface area contributed by atoms with Crippen molar-refractivity contribution in [3.05, 3.63) is 0 Å². The number of carbonyl (C=O) groups excluding carboxylic acids is 3. The van der Waals surface area contributed by atoms with E-state index in [-0.39, 0.29) is 25.4 Å². The van der Waals surface area contributed by atoms with E-state index in [2.05, 4.69) is 5.32 Å². The Balaban J connectivity index is 5.42. The number of nitrogens with one attached hydrogen (secondary N) is 1. The molecule has 0 heterocycles. The van der Waals surface area contributed by atoms with E-state index in [0.717, 1.165) is 6.54 Å². The minimum absolute atomic E-state index is 0.196. The smallest absolute Gasteiger partial charge is 0.311 e. The molecular formula is C20H37NO6. The molecule has 0 aliphatic carbocycles. The zero-order chi connectivity index (χ0) is 21.3. The molecule has 7 heteroatoms. The molecule has 1 N–H and O–H groups in total. The fourth-order valence-electron chi connectivity index (χ4n) is 3.49. The van der Waals surface area contributed by atoms with Crippen LogP contribution in [0.15, 0.2) is 0 Å². The largest absolute Gasteiger partial charge is 0.469 e. The second-order valence-electron chi connectivity index (χ2n) is 8.49. The topological polar surface area (TPSA) is 90.9 Å². The van der Waals surface area contributed by atoms with E-state index in [9.17, 15) is 14.4 Å². The average molecular weight is 388 g/mol. The second kappa shape index (κ2) is 10.6. The van der Waals surface area contributed by atoms with Gasteiger partial charge in [-0.25, -0.2) is 0 Å². The summed E-state index contributed by atoms with van der Waals surface area (Å²) in [6, 6.07) is 0. The Kier molecular flexibility index (Phi) is 10.00. The maximum atomic E-state index is 12.7. The normalized spacial score (nSPS) is 14.2. The minimum Gasteiger partial charge on any atom is -0.469 e. The number of ether oxygens (including phenoxy) is 3. The van der Waals surface area contributed by atoms with Crippen LogP contribution in [0.5, 0.6) is 0 Å². The van der Waals surface area contributed by atoms with E-state index in [4.69, 9.17) is 14.2 Å². The number of hydrogen-bond donors (Lipinski definition) is 1. The molecule has 0 bridgehead atoms. The Bertz CT molecular complexity index is 515. The van der Waals surface area contributed by atoms with Gasteiger partial charge in [-0.15, -0.1) is 0 Å². The summed E-state index contributed by atoms with van der Waals surface area (Å²) in [5, 5.41) is 2.99. The molecular weight excluding hydrogens is 350 g/mol. The van der Waals surface area contributed by atoms with E-state index in [0.29, 0.717) is 13.0 Å². The molecule has 0 aliphatic heterocycles. The molecule has 0 saturated heterocycles. The van der Waals surface area contributed by atoms with Gasteiger partial charge in [0.1, 0.15) is 0 Å². The van der Waals surface area contributed by atoms with Gasteiger partial charge in [-0.2, -0.15) is 0 Å². The number of hydrogen-bond acceptors (Lipinski definition) is 7. The standard InChI is InChI=1S/C20H37NO6/c1-9-26-17(24)20(6,13-18(2,3)15(22)25-8)14-19(4,5)16(23)27-12-10-11-21-7/h21H,9-14H2,1-8H3. The van der Waals surface area contributed by atoms with Gasteiger partial charge in [0.15, 0.2) is 0 Å². The molecule has 0 radical (unpaired) electrons. The lowest BCUT2D eigenvalue weighted by molar-refractivity contribution is -0.167. The second-order valence-corrected chi connectivity index (χ2v) is 8.49. The molecule has 0 aliphatic rings. The lowest BCUT2D eigenvalue weighted by Crippen LogP contribution is -2.43. The molecule has 0 amide bonds. The van der Waals surface area contributed by atoms with E-state index in [1.54, 1.807) is 41.5 Å². The number of methoxy groups -OCH3 is 1. The number of esters is 3. The van der Waals surface area contributed by atoms with Crippen molar-refractivity contribution in [2.45, 2.75) is 60.8 Å². The Morgan fingerprint density at radius 1 is 0.852 bits per heavy atom. The first-order chi connectivity index (χ1) is 12.4. The third kappa shape index (κ3) is 7.87. The molecule has 0 aromatic heterocycles. The third-order valence-corrected chi connectivity index (χ3v) is 4.53. The van der Waals surface area contributed by atoms with Crippen molar-refractivity contribution >= 4 is 17.9 Å². The molecule has 1 unspecified atom stereocenters. The molecule has 0 saturated carbocycles. The molecule has 1 atom stereocenters. The van der Waals surface area contributed by atoms with Crippen molar-refractivity contribution in [3.8, 4) is 0 Å². The number of rotatable bonds is 12. The van der Waals surface area contributed by atoms with Gasteiger partial charge in [-0.1, -0.05) is 0 Å². The molecule has 0 fully saturated rings. The van der Waals surface area contributed by atoms with Crippen molar-refractivity contribution < 1.29 is 28.6 Å². The fourth-order valence-corrected chi connectivity index (χ4v) is 3.49. The highest BCUT2D eigenvalue weighted by Gasteiger charge is 2.48. The van der Waals surface area contributed by atoms with E-state index in [1.807, 2.05) is 7.05 Å². The van der Waals surface area contributed by atoms with Crippen LogP contribution in [0.3, 0.4) is 0 Å². The predicted molar refractivity (Wildman–Crippen MR) is 103 cm³/mol. The van der Waals surface area contributed by atoms with E-state index < -0.39 is 28.2 Å². The van der Waals surface area contributed by atoms with Crippen LogP contribution in [0.2, 0.25) is 0 Å². The van der Waals surface area contributed by atoms with Crippen LogP contribution < -0.4 is 5.32 Å². The van der Waals surface area contributed by atoms with E-state index >= 15 is 0 Å². The van der Waals surface area contributed by atoms with Crippen molar-refractivity contribution in [1.29, 1.82) is 0 Å². The average Bonchev–Trinajstić information content (AvgIpc) is 2.56. The highest BCUT2D eigenvalue weighted by atomic mass is 16.5. The molecule has 27 heavy (non-hydrogen) atoms. The summed E-state index contributed by atoms with van der Waals surface area (Å²) in [7, 11) is 3.15. The van der Waals surface area contributed by atoms with Crippen molar-refractivity contribution in [1.82, 2.24) is 5.32 Å². The Labute approximate surface area is 163 Å². The monoisotopic (exact) mass is 387 g/mol. The number of carbonyl (C=O) groups is 3. The molecule has 0 rings (SSSR count). The van der Waals surface area contributed by atoms with Crippen LogP contribution in [-0.4, -0.2) is 51.8 Å². The van der Waals surface area contributed by atoms with Crippen molar-refractivity contribution in [2.75, 3.05) is 33.9 Å². The van der Waals surface area contributed by atoms with Crippen LogP contribution >= 0.6 is 0 Å². The Morgan fingerprint density at radius 3 is 1.81 bits per heavy atom. The van der Waals surface area contributed by atoms with Gasteiger partial charge in [-0.3, -0.25) is 14.4 Å². The molecule has 0 aromatic carbocycles. The van der Waals surface area contributed by atoms with Crippen LogP contribution in [0.1, 0.15) is 60.8 Å². The summed E-state index contributed by atoms with van der Waals surface area (Å²) in [5.41, 5.74) is -2.85. The predicted octanol–water partition coefficient (Wildman–Crippen LogP) is 2.71. The Hall–Kier alpha value is -1.63. The van der Waals surface area contributed by atoms with Gasteiger partial charge >= 0.3 is 17.9 Å². The summed E-state index contributed by atoms with van der Waals surface area (Å²) < 4.78 is 15.5. The molecule has 0 spiro atoms. The van der Waals surface area contributed by atoms with Gasteiger partial charge in [-0.05, 0) is 74.4 Å². The molecule has 7 nitrogen and oxygen atoms in total. The summed E-state index contributed by atoms with van der Waals surface area (Å²) in [5.74, 6) is -1.21. The van der Waals surface area contributed by atoms with Gasteiger partial charge in [0.25, 0.3) is 0 Å². The fraction of sp³-hybridized carbons (Fsp3) is 0.850. The van der Waals surface area contributed by atoms with Gasteiger partial charge in [0.05, 0.1) is 36.6 Å². The van der Waals surface area contributed by atoms with Crippen LogP contribution in [-0.2, 0) is 28.6 Å². The molecule has 0 aromatic rings. The third-order valence-electron chi connectivity index (χ3n) is 4.53. The van der Waals surface area contributed by atoms with Crippen LogP contribution in [0, 0.1) is 16.2 Å². The van der Waals surface area contributed by atoms with Gasteiger partial charge in [0, 0.05) is 0 Å². The highest BCUT2D eigenvalue weighted by molar-refractivity contribution is 5.82. The first-order valence-corrected chi connectivity index (χ1v) is 9.44. The van der Waals surface area contributed by atoms with E-state index in [1.165, 1.54) is 7.11 Å². The maximum Gasteiger partial charge on any atom is 0.311 e. The lowest BCUT2D eigenvalue weighted by Gasteiger charge is -2.38. The quantitative estimate of drug-likeness (QED) is 0.313.